The van der Waals surface area contributed by atoms with Crippen molar-refractivity contribution in [1.82, 2.24) is 4.90 Å². The summed E-state index contributed by atoms with van der Waals surface area (Å²) in [6.45, 7) is 0.196. The molecule has 0 spiro atoms. The van der Waals surface area contributed by atoms with E-state index in [0.29, 0.717) is 24.6 Å². The first kappa shape index (κ1) is 21.4. The number of halogens is 2. The number of nitrogens with zero attached hydrogens (tertiary/aromatic N) is 1. The minimum absolute atomic E-state index is 0.0752. The third-order valence-electron chi connectivity index (χ3n) is 4.05. The van der Waals surface area contributed by atoms with E-state index in [1.165, 1.54) is 12.1 Å². The van der Waals surface area contributed by atoms with E-state index >= 15 is 0 Å². The minimum Gasteiger partial charge on any atom is -0.493 e. The average Bonchev–Trinajstić information content (AvgIpc) is 2.68. The van der Waals surface area contributed by atoms with E-state index in [0.717, 1.165) is 5.56 Å². The molecular weight excluding hydrogens is 370 g/mol. The van der Waals surface area contributed by atoms with Gasteiger partial charge in [-0.3, -0.25) is 9.69 Å². The molecule has 6 nitrogen and oxygen atoms in total. The lowest BCUT2D eigenvalue weighted by Gasteiger charge is -2.21. The summed E-state index contributed by atoms with van der Waals surface area (Å²) in [6.07, 6.45) is 0. The number of hydrogen-bond acceptors (Lipinski definition) is 5. The smallest absolute Gasteiger partial charge is 0.387 e. The number of benzene rings is 2. The molecule has 0 fully saturated rings. The Balaban J connectivity index is 2.02. The molecule has 1 N–H and O–H groups in total. The molecule has 0 aliphatic heterocycles. The first-order valence-electron chi connectivity index (χ1n) is 8.73. The lowest BCUT2D eigenvalue weighted by atomic mass is 10.2. The summed E-state index contributed by atoms with van der Waals surface area (Å²) in [7, 11) is 3.13. The number of nitrogens with one attached hydrogen (secondary N) is 1. The van der Waals surface area contributed by atoms with Gasteiger partial charge in [0.2, 0.25) is 5.91 Å². The first-order chi connectivity index (χ1) is 13.5. The van der Waals surface area contributed by atoms with Crippen molar-refractivity contribution < 1.29 is 27.8 Å². The molecular formula is C20H24F2N2O4. The van der Waals surface area contributed by atoms with Crippen molar-refractivity contribution >= 4 is 11.6 Å². The maximum Gasteiger partial charge on any atom is 0.387 e. The highest BCUT2D eigenvalue weighted by atomic mass is 19.3. The van der Waals surface area contributed by atoms with Gasteiger partial charge in [-0.05, 0) is 36.4 Å². The standard InChI is InChI=1S/C20H24F2N2O4/c1-4-24(12-14-9-10-17(26-2)18(11-14)27-3)13-19(25)23-15-7-5-6-8-16(15)28-20(21)22/h5-11,20H,4,12-13H2,1-3H3,(H,23,25). The van der Waals surface area contributed by atoms with E-state index in [9.17, 15) is 13.6 Å². The number of para-hydroxylation sites is 2. The molecule has 8 heteroatoms. The van der Waals surface area contributed by atoms with Gasteiger partial charge < -0.3 is 19.5 Å². The molecule has 0 aromatic heterocycles. The van der Waals surface area contributed by atoms with Gasteiger partial charge in [-0.2, -0.15) is 8.78 Å². The summed E-state index contributed by atoms with van der Waals surface area (Å²) in [4.78, 5) is 14.3. The Morgan fingerprint density at radius 1 is 1.07 bits per heavy atom. The Kier molecular flexibility index (Phi) is 8.01. The van der Waals surface area contributed by atoms with E-state index < -0.39 is 6.61 Å². The summed E-state index contributed by atoms with van der Waals surface area (Å²) in [6, 6.07) is 11.6. The molecule has 1 amide bonds. The Hall–Kier alpha value is -2.87. The molecule has 0 radical (unpaired) electrons. The van der Waals surface area contributed by atoms with Gasteiger partial charge >= 0.3 is 6.61 Å². The van der Waals surface area contributed by atoms with Crippen molar-refractivity contribution in [3.63, 3.8) is 0 Å². The lowest BCUT2D eigenvalue weighted by molar-refractivity contribution is -0.117. The molecule has 0 saturated heterocycles. The fourth-order valence-corrected chi connectivity index (χ4v) is 2.68. The first-order valence-corrected chi connectivity index (χ1v) is 8.73. The van der Waals surface area contributed by atoms with Crippen molar-refractivity contribution in [1.29, 1.82) is 0 Å². The highest BCUT2D eigenvalue weighted by Crippen LogP contribution is 2.28. The topological polar surface area (TPSA) is 60.0 Å². The van der Waals surface area contributed by atoms with Crippen LogP contribution in [0.5, 0.6) is 17.2 Å². The normalized spacial score (nSPS) is 10.8. The Morgan fingerprint density at radius 3 is 2.43 bits per heavy atom. The van der Waals surface area contributed by atoms with Crippen LogP contribution in [0.4, 0.5) is 14.5 Å². The summed E-state index contributed by atoms with van der Waals surface area (Å²) in [5.74, 6) is 0.836. The number of anilines is 1. The number of carbonyl (C=O) groups excluding carboxylic acids is 1. The highest BCUT2D eigenvalue weighted by Gasteiger charge is 2.15. The summed E-state index contributed by atoms with van der Waals surface area (Å²) in [5, 5.41) is 2.62. The van der Waals surface area contributed by atoms with Crippen LogP contribution in [0, 0.1) is 0 Å². The van der Waals surface area contributed by atoms with E-state index in [1.807, 2.05) is 24.0 Å². The number of likely N-dealkylation sites (N-methyl/N-ethyl adjacent to an activating group) is 1. The van der Waals surface area contributed by atoms with Gasteiger partial charge in [0.05, 0.1) is 26.5 Å². The number of methoxy groups -OCH3 is 2. The van der Waals surface area contributed by atoms with Gasteiger partial charge in [0.15, 0.2) is 11.5 Å². The van der Waals surface area contributed by atoms with Crippen LogP contribution in [0.25, 0.3) is 0 Å². The molecule has 0 heterocycles. The Labute approximate surface area is 163 Å². The van der Waals surface area contributed by atoms with Gasteiger partial charge in [0.25, 0.3) is 0 Å². The van der Waals surface area contributed by atoms with Gasteiger partial charge in [-0.25, -0.2) is 0 Å². The third kappa shape index (κ3) is 6.09. The molecule has 152 valence electrons. The van der Waals surface area contributed by atoms with Crippen LogP contribution in [-0.2, 0) is 11.3 Å². The van der Waals surface area contributed by atoms with Crippen molar-refractivity contribution in [2.24, 2.45) is 0 Å². The second-order valence-corrected chi connectivity index (χ2v) is 5.92. The second kappa shape index (κ2) is 10.5. The largest absolute Gasteiger partial charge is 0.493 e. The SMILES string of the molecule is CCN(CC(=O)Nc1ccccc1OC(F)F)Cc1ccc(OC)c(OC)c1. The van der Waals surface area contributed by atoms with Crippen LogP contribution in [-0.4, -0.2) is 44.7 Å². The van der Waals surface area contributed by atoms with Crippen LogP contribution in [0.1, 0.15) is 12.5 Å². The van der Waals surface area contributed by atoms with E-state index in [1.54, 1.807) is 32.4 Å². The maximum absolute atomic E-state index is 12.5. The van der Waals surface area contributed by atoms with Crippen LogP contribution in [0.3, 0.4) is 0 Å². The number of hydrogen-bond donors (Lipinski definition) is 1. The van der Waals surface area contributed by atoms with Crippen molar-refractivity contribution in [3.8, 4) is 17.2 Å². The molecule has 0 aliphatic carbocycles. The molecule has 2 aromatic rings. The van der Waals surface area contributed by atoms with E-state index in [4.69, 9.17) is 9.47 Å². The van der Waals surface area contributed by atoms with Crippen LogP contribution >= 0.6 is 0 Å². The molecule has 0 aliphatic rings. The quantitative estimate of drug-likeness (QED) is 0.665. The number of carbonyl (C=O) groups is 1. The number of rotatable bonds is 10. The molecule has 2 rings (SSSR count). The van der Waals surface area contributed by atoms with Gasteiger partial charge in [-0.15, -0.1) is 0 Å². The number of alkyl halides is 2. The van der Waals surface area contributed by atoms with Gasteiger partial charge in [-0.1, -0.05) is 25.1 Å². The summed E-state index contributed by atoms with van der Waals surface area (Å²) in [5.41, 5.74) is 1.16. The predicted octanol–water partition coefficient (Wildman–Crippen LogP) is 3.77. The second-order valence-electron chi connectivity index (χ2n) is 5.92. The van der Waals surface area contributed by atoms with Crippen LogP contribution in [0.15, 0.2) is 42.5 Å². The number of amides is 1. The van der Waals surface area contributed by atoms with Crippen LogP contribution in [0.2, 0.25) is 0 Å². The molecule has 28 heavy (non-hydrogen) atoms. The molecule has 2 aromatic carbocycles. The average molecular weight is 394 g/mol. The van der Waals surface area contributed by atoms with E-state index in [-0.39, 0.29) is 23.9 Å². The minimum atomic E-state index is -2.96. The summed E-state index contributed by atoms with van der Waals surface area (Å²) < 4.78 is 40.0. The zero-order valence-corrected chi connectivity index (χ0v) is 16.1. The zero-order valence-electron chi connectivity index (χ0n) is 16.1. The fraction of sp³-hybridized carbons (Fsp3) is 0.350. The fourth-order valence-electron chi connectivity index (χ4n) is 2.68. The zero-order chi connectivity index (χ0) is 20.5. The lowest BCUT2D eigenvalue weighted by Crippen LogP contribution is -2.32. The number of ether oxygens (including phenoxy) is 3. The highest BCUT2D eigenvalue weighted by molar-refractivity contribution is 5.93. The Morgan fingerprint density at radius 2 is 1.79 bits per heavy atom. The van der Waals surface area contributed by atoms with Crippen molar-refractivity contribution in [3.05, 3.63) is 48.0 Å². The van der Waals surface area contributed by atoms with E-state index in [2.05, 4.69) is 10.1 Å². The molecule has 0 unspecified atom stereocenters. The maximum atomic E-state index is 12.5. The third-order valence-corrected chi connectivity index (χ3v) is 4.05. The predicted molar refractivity (Wildman–Crippen MR) is 102 cm³/mol. The van der Waals surface area contributed by atoms with Crippen molar-refractivity contribution in [2.45, 2.75) is 20.1 Å². The molecule has 0 bridgehead atoms. The molecule has 0 atom stereocenters. The van der Waals surface area contributed by atoms with Crippen LogP contribution < -0.4 is 19.5 Å². The molecule has 0 saturated carbocycles. The Bertz CT molecular complexity index is 787. The summed E-state index contributed by atoms with van der Waals surface area (Å²) >= 11 is 0. The van der Waals surface area contributed by atoms with Gasteiger partial charge in [0.1, 0.15) is 5.75 Å². The van der Waals surface area contributed by atoms with Crippen molar-refractivity contribution in [2.75, 3.05) is 32.6 Å². The van der Waals surface area contributed by atoms with Gasteiger partial charge in [0, 0.05) is 6.54 Å². The monoisotopic (exact) mass is 394 g/mol.